The Morgan fingerprint density at radius 3 is 2.45 bits per heavy atom. The van der Waals surface area contributed by atoms with Crippen LogP contribution in [0, 0.1) is 11.6 Å². The summed E-state index contributed by atoms with van der Waals surface area (Å²) in [4.78, 5) is 24.3. The van der Waals surface area contributed by atoms with Crippen molar-refractivity contribution < 1.29 is 31.5 Å². The molecular formula is C12H12F2N2O5S. The maximum absolute atomic E-state index is 14.0. The molecule has 0 spiro atoms. The van der Waals surface area contributed by atoms with E-state index in [0.717, 1.165) is 13.2 Å². The van der Waals surface area contributed by atoms with Crippen molar-refractivity contribution in [3.63, 3.8) is 0 Å². The van der Waals surface area contributed by atoms with Gasteiger partial charge in [-0.2, -0.15) is 0 Å². The molecular weight excluding hydrogens is 322 g/mol. The summed E-state index contributed by atoms with van der Waals surface area (Å²) < 4.78 is 54.9. The molecule has 0 saturated carbocycles. The molecule has 22 heavy (non-hydrogen) atoms. The van der Waals surface area contributed by atoms with Crippen LogP contribution in [0.3, 0.4) is 0 Å². The summed E-state index contributed by atoms with van der Waals surface area (Å²) in [5.74, 6) is -4.10. The van der Waals surface area contributed by atoms with E-state index in [9.17, 15) is 26.8 Å². The predicted molar refractivity (Wildman–Crippen MR) is 71.6 cm³/mol. The molecule has 1 saturated heterocycles. The predicted octanol–water partition coefficient (Wildman–Crippen LogP) is 0.145. The molecule has 1 aliphatic heterocycles. The van der Waals surface area contributed by atoms with Crippen LogP contribution in [-0.4, -0.2) is 39.2 Å². The van der Waals surface area contributed by atoms with Crippen LogP contribution in [0.25, 0.3) is 0 Å². The first-order valence-electron chi connectivity index (χ1n) is 6.05. The van der Waals surface area contributed by atoms with Gasteiger partial charge in [-0.05, 0) is 12.1 Å². The van der Waals surface area contributed by atoms with Gasteiger partial charge in [-0.25, -0.2) is 27.1 Å². The highest BCUT2D eigenvalue weighted by Gasteiger charge is 2.40. The van der Waals surface area contributed by atoms with Crippen molar-refractivity contribution in [2.24, 2.45) is 5.14 Å². The fourth-order valence-electron chi connectivity index (χ4n) is 2.21. The van der Waals surface area contributed by atoms with E-state index in [2.05, 4.69) is 4.74 Å². The molecule has 1 aromatic carbocycles. The van der Waals surface area contributed by atoms with Crippen LogP contribution in [0.1, 0.15) is 16.8 Å². The second kappa shape index (κ2) is 5.61. The quantitative estimate of drug-likeness (QED) is 0.792. The highest BCUT2D eigenvalue weighted by Crippen LogP contribution is 2.32. The maximum Gasteiger partial charge on any atom is 0.343 e. The van der Waals surface area contributed by atoms with Crippen LogP contribution >= 0.6 is 0 Å². The molecule has 1 fully saturated rings. The van der Waals surface area contributed by atoms with Crippen LogP contribution in [0.2, 0.25) is 0 Å². The summed E-state index contributed by atoms with van der Waals surface area (Å²) in [6.07, 6.45) is -0.477. The lowest BCUT2D eigenvalue weighted by Gasteiger charge is -2.20. The zero-order valence-corrected chi connectivity index (χ0v) is 12.2. The molecule has 120 valence electrons. The van der Waals surface area contributed by atoms with Gasteiger partial charge in [-0.15, -0.1) is 0 Å². The number of nitrogens with zero attached hydrogens (tertiary/aromatic N) is 1. The number of ether oxygens (including phenoxy) is 1. The fraction of sp³-hybridized carbons (Fsp3) is 0.333. The highest BCUT2D eigenvalue weighted by molar-refractivity contribution is 7.89. The molecule has 1 amide bonds. The van der Waals surface area contributed by atoms with Crippen LogP contribution in [0.15, 0.2) is 12.1 Å². The Hall–Kier alpha value is -2.07. The topological polar surface area (TPSA) is 107 Å². The second-order valence-corrected chi connectivity index (χ2v) is 6.51. The van der Waals surface area contributed by atoms with Crippen molar-refractivity contribution in [3.05, 3.63) is 29.3 Å². The summed E-state index contributed by atoms with van der Waals surface area (Å²) in [7, 11) is -3.07. The van der Waals surface area contributed by atoms with Crippen molar-refractivity contribution in [3.8, 4) is 0 Å². The van der Waals surface area contributed by atoms with Crippen LogP contribution in [0.5, 0.6) is 0 Å². The molecule has 10 heteroatoms. The Kier molecular flexibility index (Phi) is 4.16. The van der Waals surface area contributed by atoms with E-state index in [1.807, 2.05) is 0 Å². The van der Waals surface area contributed by atoms with Crippen molar-refractivity contribution in [1.82, 2.24) is 0 Å². The van der Waals surface area contributed by atoms with Gasteiger partial charge < -0.3 is 9.64 Å². The number of sulfonamides is 1. The van der Waals surface area contributed by atoms with E-state index < -0.39 is 63.0 Å². The summed E-state index contributed by atoms with van der Waals surface area (Å²) >= 11 is 0. The largest absolute Gasteiger partial charge is 0.465 e. The molecule has 0 aliphatic carbocycles. The van der Waals surface area contributed by atoms with Crippen LogP contribution < -0.4 is 10.0 Å². The lowest BCUT2D eigenvalue weighted by molar-refractivity contribution is -0.117. The second-order valence-electron chi connectivity index (χ2n) is 4.66. The first-order valence-corrected chi connectivity index (χ1v) is 7.66. The average molecular weight is 334 g/mol. The van der Waals surface area contributed by atoms with Crippen molar-refractivity contribution in [1.29, 1.82) is 0 Å². The van der Waals surface area contributed by atoms with E-state index in [1.54, 1.807) is 0 Å². The van der Waals surface area contributed by atoms with Crippen molar-refractivity contribution in [2.75, 3.05) is 18.6 Å². The Morgan fingerprint density at radius 1 is 1.36 bits per heavy atom. The number of rotatable bonds is 3. The third-order valence-corrected chi connectivity index (χ3v) is 4.54. The smallest absolute Gasteiger partial charge is 0.343 e. The van der Waals surface area contributed by atoms with Gasteiger partial charge in [0.25, 0.3) is 0 Å². The Balaban J connectivity index is 2.56. The summed E-state index contributed by atoms with van der Waals surface area (Å²) in [5.41, 5.74) is -1.42. The number of anilines is 1. The minimum atomic E-state index is -4.03. The molecule has 1 aromatic rings. The normalized spacial score (nSPS) is 18.6. The average Bonchev–Trinajstić information content (AvgIpc) is 2.82. The molecule has 0 bridgehead atoms. The number of nitrogens with two attached hydrogens (primary N) is 1. The monoisotopic (exact) mass is 334 g/mol. The van der Waals surface area contributed by atoms with Gasteiger partial charge in [0.1, 0.15) is 22.4 Å². The van der Waals surface area contributed by atoms with Gasteiger partial charge in [-0.1, -0.05) is 0 Å². The number of hydrogen-bond acceptors (Lipinski definition) is 5. The zero-order valence-electron chi connectivity index (χ0n) is 11.4. The number of primary sulfonamides is 1. The third kappa shape index (κ3) is 2.79. The summed E-state index contributed by atoms with van der Waals surface area (Å²) in [6.45, 7) is -0.470. The number of halogens is 2. The standard InChI is InChI=1S/C12H12F2N2O5S/c1-21-12(18)10-7(13)2-3-8(14)11(10)16-5-6(4-9(16)17)22(15,19)20/h2-3,6H,4-5H2,1H3,(H2,15,19,20). The lowest BCUT2D eigenvalue weighted by atomic mass is 10.1. The van der Waals surface area contributed by atoms with Crippen molar-refractivity contribution >= 4 is 27.6 Å². The molecule has 1 heterocycles. The Bertz CT molecular complexity index is 750. The number of carbonyl (C=O) groups is 2. The number of carbonyl (C=O) groups excluding carboxylic acids is 2. The van der Waals surface area contributed by atoms with E-state index in [0.29, 0.717) is 11.0 Å². The number of methoxy groups -OCH3 is 1. The first-order chi connectivity index (χ1) is 10.2. The van der Waals surface area contributed by atoms with Gasteiger partial charge in [-0.3, -0.25) is 4.79 Å². The molecule has 7 nitrogen and oxygen atoms in total. The summed E-state index contributed by atoms with van der Waals surface area (Å²) in [6, 6.07) is 1.44. The van der Waals surface area contributed by atoms with E-state index >= 15 is 0 Å². The van der Waals surface area contributed by atoms with Gasteiger partial charge >= 0.3 is 5.97 Å². The molecule has 2 N–H and O–H groups in total. The summed E-state index contributed by atoms with van der Waals surface area (Å²) in [5, 5.41) is 3.71. The van der Waals surface area contributed by atoms with Gasteiger partial charge in [0.05, 0.1) is 12.8 Å². The molecule has 2 rings (SSSR count). The van der Waals surface area contributed by atoms with Crippen LogP contribution in [0.4, 0.5) is 14.5 Å². The van der Waals surface area contributed by atoms with Gasteiger partial charge in [0.15, 0.2) is 0 Å². The van der Waals surface area contributed by atoms with Gasteiger partial charge in [0, 0.05) is 13.0 Å². The third-order valence-electron chi connectivity index (χ3n) is 3.29. The zero-order chi connectivity index (χ0) is 16.7. The molecule has 0 aromatic heterocycles. The number of benzene rings is 1. The number of amides is 1. The Labute approximate surface area is 124 Å². The van der Waals surface area contributed by atoms with E-state index in [-0.39, 0.29) is 0 Å². The highest BCUT2D eigenvalue weighted by atomic mass is 32.2. The lowest BCUT2D eigenvalue weighted by Crippen LogP contribution is -2.33. The Morgan fingerprint density at radius 2 is 1.95 bits per heavy atom. The molecule has 1 atom stereocenters. The van der Waals surface area contributed by atoms with Crippen molar-refractivity contribution in [2.45, 2.75) is 11.7 Å². The van der Waals surface area contributed by atoms with E-state index in [4.69, 9.17) is 5.14 Å². The minimum absolute atomic E-state index is 0.470. The molecule has 1 unspecified atom stereocenters. The first kappa shape index (κ1) is 16.3. The molecule has 1 aliphatic rings. The number of hydrogen-bond donors (Lipinski definition) is 1. The minimum Gasteiger partial charge on any atom is -0.465 e. The SMILES string of the molecule is COC(=O)c1c(F)ccc(F)c1N1CC(S(N)(=O)=O)CC1=O. The fourth-order valence-corrected chi connectivity index (χ4v) is 2.94. The van der Waals surface area contributed by atoms with E-state index in [1.165, 1.54) is 0 Å². The maximum atomic E-state index is 14.0. The molecule has 0 radical (unpaired) electrons. The number of esters is 1. The van der Waals surface area contributed by atoms with Crippen LogP contribution in [-0.2, 0) is 19.6 Å². The van der Waals surface area contributed by atoms with Gasteiger partial charge in [0.2, 0.25) is 15.9 Å².